The molecule has 3 heteroatoms. The van der Waals surface area contributed by atoms with Gasteiger partial charge in [0.1, 0.15) is 0 Å². The van der Waals surface area contributed by atoms with Gasteiger partial charge >= 0.3 is 0 Å². The highest BCUT2D eigenvalue weighted by Crippen LogP contribution is 2.52. The lowest BCUT2D eigenvalue weighted by Gasteiger charge is -2.22. The number of hydrogen-bond acceptors (Lipinski definition) is 3. The minimum absolute atomic E-state index is 0.225. The van der Waals surface area contributed by atoms with E-state index in [4.69, 9.17) is 15.0 Å². The Balaban J connectivity index is 1.05. The molecule has 13 rings (SSSR count). The fraction of sp³-hybridized carbons (Fsp3) is 0.0455. The molecule has 1 aliphatic rings. The molecule has 0 fully saturated rings. The first kappa shape index (κ1) is 40.5. The highest BCUT2D eigenvalue weighted by molar-refractivity contribution is 6.26. The molecule has 0 saturated carbocycles. The second-order valence-corrected chi connectivity index (χ2v) is 18.8. The lowest BCUT2D eigenvalue weighted by molar-refractivity contribution is 0.661. The van der Waals surface area contributed by atoms with E-state index in [1.807, 2.05) is 0 Å². The summed E-state index contributed by atoms with van der Waals surface area (Å²) in [6, 6.07) is 85.1. The van der Waals surface area contributed by atoms with Crippen LogP contribution < -0.4 is 0 Å². The molecule has 11 aromatic carbocycles. The topological polar surface area (TPSA) is 38.7 Å². The third kappa shape index (κ3) is 7.01. The molecular weight excluding hydrogens is 835 g/mol. The highest BCUT2D eigenvalue weighted by Gasteiger charge is 2.36. The minimum atomic E-state index is -0.225. The molecule has 0 saturated heterocycles. The highest BCUT2D eigenvalue weighted by atomic mass is 15.0. The molecule has 0 bridgehead atoms. The van der Waals surface area contributed by atoms with Crippen LogP contribution in [0.3, 0.4) is 0 Å². The van der Waals surface area contributed by atoms with Crippen LogP contribution in [0.15, 0.2) is 237 Å². The number of hydrogen-bond donors (Lipinski definition) is 0. The Morgan fingerprint density at radius 3 is 0.957 bits per heavy atom. The maximum Gasteiger partial charge on any atom is 0.164 e. The van der Waals surface area contributed by atoms with Gasteiger partial charge in [-0.3, -0.25) is 0 Å². The van der Waals surface area contributed by atoms with Crippen LogP contribution in [0, 0.1) is 0 Å². The summed E-state index contributed by atoms with van der Waals surface area (Å²) < 4.78 is 0. The fourth-order valence-electron chi connectivity index (χ4n) is 10.8. The second-order valence-electron chi connectivity index (χ2n) is 18.8. The van der Waals surface area contributed by atoms with Gasteiger partial charge in [-0.2, -0.15) is 0 Å². The summed E-state index contributed by atoms with van der Waals surface area (Å²) in [4.78, 5) is 16.3. The van der Waals surface area contributed by atoms with E-state index in [-0.39, 0.29) is 5.41 Å². The molecule has 1 aromatic heterocycles. The van der Waals surface area contributed by atoms with Crippen LogP contribution in [-0.2, 0) is 5.41 Å². The molecule has 69 heavy (non-hydrogen) atoms. The largest absolute Gasteiger partial charge is 0.208 e. The predicted molar refractivity (Wildman–Crippen MR) is 288 cm³/mol. The van der Waals surface area contributed by atoms with Gasteiger partial charge < -0.3 is 0 Å². The van der Waals surface area contributed by atoms with Gasteiger partial charge in [-0.15, -0.1) is 0 Å². The Morgan fingerprint density at radius 2 is 0.551 bits per heavy atom. The van der Waals surface area contributed by atoms with Crippen molar-refractivity contribution in [3.05, 3.63) is 248 Å². The molecule has 0 unspecified atom stereocenters. The van der Waals surface area contributed by atoms with Crippen molar-refractivity contribution in [2.45, 2.75) is 19.3 Å². The first-order chi connectivity index (χ1) is 33.9. The van der Waals surface area contributed by atoms with E-state index in [2.05, 4.69) is 250 Å². The molecule has 0 radical (unpaired) electrons. The fourth-order valence-corrected chi connectivity index (χ4v) is 10.8. The second kappa shape index (κ2) is 16.2. The van der Waals surface area contributed by atoms with E-state index in [9.17, 15) is 0 Å². The SMILES string of the molecule is CC1(C)c2ccc(-c3nc(-c4cc(-c5ccccc5)cc(-c5ccccc5)c4)nc(-c4cc(-c5ccccc5)cc(-c5ccccc5)c4)n3)cc2-c2cc3c4ccccc4c4ccccc4c3cc21. The third-order valence-electron chi connectivity index (χ3n) is 14.2. The van der Waals surface area contributed by atoms with Crippen LogP contribution in [0.1, 0.15) is 25.0 Å². The molecule has 0 atom stereocenters. The van der Waals surface area contributed by atoms with Crippen molar-refractivity contribution in [1.82, 2.24) is 15.0 Å². The zero-order valence-corrected chi connectivity index (χ0v) is 38.4. The van der Waals surface area contributed by atoms with Gasteiger partial charge in [-0.05, 0) is 154 Å². The normalized spacial score (nSPS) is 12.6. The number of nitrogens with zero attached hydrogens (tertiary/aromatic N) is 3. The van der Waals surface area contributed by atoms with E-state index < -0.39 is 0 Å². The van der Waals surface area contributed by atoms with Crippen molar-refractivity contribution in [3.8, 4) is 89.8 Å². The lowest BCUT2D eigenvalue weighted by atomic mass is 9.81. The van der Waals surface area contributed by atoms with E-state index in [0.29, 0.717) is 17.5 Å². The van der Waals surface area contributed by atoms with Gasteiger partial charge in [0.15, 0.2) is 17.5 Å². The van der Waals surface area contributed by atoms with Crippen molar-refractivity contribution in [1.29, 1.82) is 0 Å². The molecule has 0 amide bonds. The quantitative estimate of drug-likeness (QED) is 0.150. The van der Waals surface area contributed by atoms with Crippen LogP contribution in [-0.4, -0.2) is 15.0 Å². The summed E-state index contributed by atoms with van der Waals surface area (Å²) in [6.45, 7) is 4.72. The molecule has 1 aliphatic carbocycles. The minimum Gasteiger partial charge on any atom is -0.208 e. The van der Waals surface area contributed by atoms with Crippen molar-refractivity contribution in [2.24, 2.45) is 0 Å². The molecular formula is C66H45N3. The molecule has 12 aromatic rings. The van der Waals surface area contributed by atoms with Crippen molar-refractivity contribution >= 4 is 32.3 Å². The van der Waals surface area contributed by atoms with Crippen LogP contribution in [0.4, 0.5) is 0 Å². The van der Waals surface area contributed by atoms with E-state index in [1.165, 1.54) is 54.6 Å². The molecule has 0 N–H and O–H groups in total. The third-order valence-corrected chi connectivity index (χ3v) is 14.2. The molecule has 0 aliphatic heterocycles. The molecule has 3 nitrogen and oxygen atoms in total. The van der Waals surface area contributed by atoms with Gasteiger partial charge in [-0.1, -0.05) is 196 Å². The number of benzene rings is 11. The zero-order chi connectivity index (χ0) is 46.1. The molecule has 324 valence electrons. The Kier molecular flexibility index (Phi) is 9.52. The molecule has 1 heterocycles. The van der Waals surface area contributed by atoms with Crippen LogP contribution >= 0.6 is 0 Å². The smallest absolute Gasteiger partial charge is 0.164 e. The van der Waals surface area contributed by atoms with E-state index >= 15 is 0 Å². The van der Waals surface area contributed by atoms with Crippen LogP contribution in [0.2, 0.25) is 0 Å². The van der Waals surface area contributed by atoms with Crippen molar-refractivity contribution < 1.29 is 0 Å². The summed E-state index contributed by atoms with van der Waals surface area (Å²) in [5, 5.41) is 7.66. The predicted octanol–water partition coefficient (Wildman–Crippen LogP) is 17.3. The standard InChI is InChI=1S/C66H45N3/c1-66(2)61-32-31-46(39-59(61)60-40-57-55-29-17-15-27-53(55)54-28-16-18-30-56(54)58(57)41-62(60)66)63-67-64(51-35-47(42-19-7-3-8-20-42)33-48(36-51)43-21-9-4-10-22-43)69-65(68-63)52-37-49(44-23-11-5-12-24-44)34-50(38-52)45-25-13-6-14-26-45/h3-41H,1-2H3. The Bertz CT molecular complexity index is 3690. The zero-order valence-electron chi connectivity index (χ0n) is 38.4. The summed E-state index contributed by atoms with van der Waals surface area (Å²) >= 11 is 0. The summed E-state index contributed by atoms with van der Waals surface area (Å²) in [5.41, 5.74) is 16.5. The van der Waals surface area contributed by atoms with Crippen LogP contribution in [0.25, 0.3) is 122 Å². The Hall–Kier alpha value is -8.79. The van der Waals surface area contributed by atoms with E-state index in [1.54, 1.807) is 0 Å². The maximum absolute atomic E-state index is 5.45. The first-order valence-corrected chi connectivity index (χ1v) is 23.7. The lowest BCUT2D eigenvalue weighted by Crippen LogP contribution is -2.15. The van der Waals surface area contributed by atoms with Crippen molar-refractivity contribution in [2.75, 3.05) is 0 Å². The monoisotopic (exact) mass is 879 g/mol. The molecule has 0 spiro atoms. The van der Waals surface area contributed by atoms with Gasteiger partial charge in [0.25, 0.3) is 0 Å². The summed E-state index contributed by atoms with van der Waals surface area (Å²) in [7, 11) is 0. The number of aromatic nitrogens is 3. The van der Waals surface area contributed by atoms with Crippen molar-refractivity contribution in [3.63, 3.8) is 0 Å². The summed E-state index contributed by atoms with van der Waals surface area (Å²) in [5.74, 6) is 1.85. The van der Waals surface area contributed by atoms with E-state index in [0.717, 1.165) is 61.2 Å². The first-order valence-electron chi connectivity index (χ1n) is 23.7. The van der Waals surface area contributed by atoms with Gasteiger partial charge in [-0.25, -0.2) is 15.0 Å². The maximum atomic E-state index is 5.45. The number of rotatable bonds is 7. The summed E-state index contributed by atoms with van der Waals surface area (Å²) in [6.07, 6.45) is 0. The Morgan fingerprint density at radius 1 is 0.232 bits per heavy atom. The van der Waals surface area contributed by atoms with Crippen LogP contribution in [0.5, 0.6) is 0 Å². The Labute approximate surface area is 402 Å². The van der Waals surface area contributed by atoms with Gasteiger partial charge in [0.05, 0.1) is 0 Å². The average Bonchev–Trinajstić information content (AvgIpc) is 3.65. The van der Waals surface area contributed by atoms with Gasteiger partial charge in [0, 0.05) is 22.1 Å². The number of fused-ring (bicyclic) bond motifs is 9. The average molecular weight is 880 g/mol. The van der Waals surface area contributed by atoms with Gasteiger partial charge in [0.2, 0.25) is 0 Å².